The number of hydrogen-bond acceptors (Lipinski definition) is 3. The summed E-state index contributed by atoms with van der Waals surface area (Å²) >= 11 is 0. The third kappa shape index (κ3) is 2.77. The number of imidazole rings is 1. The first kappa shape index (κ1) is 17.1. The SMILES string of the molecule is CN1C(=N)N[C@](C)(c2cnc[nH]2)[C@@H](c2cccc(C(C)(F)F)c2)C1=O. The van der Waals surface area contributed by atoms with Crippen LogP contribution in [0, 0.1) is 5.41 Å². The van der Waals surface area contributed by atoms with Crippen LogP contribution in [0.15, 0.2) is 36.8 Å². The van der Waals surface area contributed by atoms with E-state index in [2.05, 4.69) is 15.3 Å². The minimum atomic E-state index is -3.01. The third-order valence-corrected chi connectivity index (χ3v) is 4.65. The third-order valence-electron chi connectivity index (χ3n) is 4.65. The van der Waals surface area contributed by atoms with Gasteiger partial charge in [-0.05, 0) is 18.6 Å². The van der Waals surface area contributed by atoms with E-state index in [4.69, 9.17) is 5.41 Å². The summed E-state index contributed by atoms with van der Waals surface area (Å²) in [4.78, 5) is 21.1. The molecule has 132 valence electrons. The van der Waals surface area contributed by atoms with Crippen LogP contribution in [0.25, 0.3) is 0 Å². The summed E-state index contributed by atoms with van der Waals surface area (Å²) < 4.78 is 27.5. The number of aromatic amines is 1. The van der Waals surface area contributed by atoms with Gasteiger partial charge in [0.25, 0.3) is 5.92 Å². The number of amides is 1. The summed E-state index contributed by atoms with van der Waals surface area (Å²) in [7, 11) is 1.48. The van der Waals surface area contributed by atoms with Crippen LogP contribution in [0.1, 0.15) is 36.6 Å². The summed E-state index contributed by atoms with van der Waals surface area (Å²) in [5, 5.41) is 11.0. The van der Waals surface area contributed by atoms with Gasteiger partial charge in [-0.25, -0.2) is 13.8 Å². The van der Waals surface area contributed by atoms with Crippen molar-refractivity contribution in [3.8, 4) is 0 Å². The van der Waals surface area contributed by atoms with Crippen molar-refractivity contribution in [2.75, 3.05) is 7.05 Å². The summed E-state index contributed by atoms with van der Waals surface area (Å²) in [6, 6.07) is 5.85. The predicted molar refractivity (Wildman–Crippen MR) is 88.3 cm³/mol. The van der Waals surface area contributed by atoms with Crippen molar-refractivity contribution in [1.29, 1.82) is 5.41 Å². The minimum Gasteiger partial charge on any atom is -0.347 e. The maximum Gasteiger partial charge on any atom is 0.270 e. The molecule has 2 atom stereocenters. The van der Waals surface area contributed by atoms with Crippen molar-refractivity contribution in [2.45, 2.75) is 31.2 Å². The molecule has 0 radical (unpaired) electrons. The fourth-order valence-corrected chi connectivity index (χ4v) is 3.18. The monoisotopic (exact) mass is 347 g/mol. The van der Waals surface area contributed by atoms with Gasteiger partial charge in [0, 0.05) is 19.5 Å². The van der Waals surface area contributed by atoms with E-state index in [0.29, 0.717) is 11.3 Å². The Bertz CT molecular complexity index is 815. The zero-order valence-electron chi connectivity index (χ0n) is 14.1. The lowest BCUT2D eigenvalue weighted by Gasteiger charge is -2.45. The molecule has 8 heteroatoms. The Morgan fingerprint density at radius 2 is 2.12 bits per heavy atom. The van der Waals surface area contributed by atoms with Crippen molar-refractivity contribution in [3.63, 3.8) is 0 Å². The van der Waals surface area contributed by atoms with Gasteiger partial charge in [-0.1, -0.05) is 18.2 Å². The molecule has 0 saturated carbocycles. The maximum absolute atomic E-state index is 13.7. The van der Waals surface area contributed by atoms with Gasteiger partial charge in [-0.15, -0.1) is 0 Å². The van der Waals surface area contributed by atoms with Crippen molar-refractivity contribution >= 4 is 11.9 Å². The Balaban J connectivity index is 2.16. The molecular formula is C17H19F2N5O. The lowest BCUT2D eigenvalue weighted by molar-refractivity contribution is -0.131. The highest BCUT2D eigenvalue weighted by Gasteiger charge is 2.49. The van der Waals surface area contributed by atoms with Crippen molar-refractivity contribution in [1.82, 2.24) is 20.2 Å². The number of guanidine groups is 1. The zero-order valence-corrected chi connectivity index (χ0v) is 14.1. The summed E-state index contributed by atoms with van der Waals surface area (Å²) in [5.74, 6) is -4.22. The Hall–Kier alpha value is -2.77. The van der Waals surface area contributed by atoms with Gasteiger partial charge in [-0.2, -0.15) is 0 Å². The van der Waals surface area contributed by atoms with Crippen molar-refractivity contribution in [2.24, 2.45) is 0 Å². The number of likely N-dealkylation sites (N-methyl/N-ethyl adjacent to an activating group) is 1. The number of benzene rings is 1. The molecule has 0 unspecified atom stereocenters. The van der Waals surface area contributed by atoms with E-state index in [9.17, 15) is 13.6 Å². The Labute approximate surface area is 143 Å². The molecule has 0 bridgehead atoms. The molecule has 1 amide bonds. The molecule has 1 fully saturated rings. The lowest BCUT2D eigenvalue weighted by Crippen LogP contribution is -2.62. The average molecular weight is 347 g/mol. The molecule has 1 aliphatic rings. The van der Waals surface area contributed by atoms with Crippen LogP contribution in [0.5, 0.6) is 0 Å². The highest BCUT2D eigenvalue weighted by atomic mass is 19.3. The Morgan fingerprint density at radius 1 is 1.40 bits per heavy atom. The number of nitrogens with zero attached hydrogens (tertiary/aromatic N) is 2. The topological polar surface area (TPSA) is 84.9 Å². The summed E-state index contributed by atoms with van der Waals surface area (Å²) in [6.45, 7) is 2.57. The number of alkyl halides is 2. The largest absolute Gasteiger partial charge is 0.347 e. The van der Waals surface area contributed by atoms with E-state index in [1.165, 1.54) is 36.5 Å². The molecule has 3 rings (SSSR count). The zero-order chi connectivity index (χ0) is 18.4. The standard InChI is InChI=1S/C17H19F2N5O/c1-16(12-8-21-9-22-12)13(14(25)24(3)15(20)23-16)10-5-4-6-11(7-10)17(2,18)19/h4-9,13H,1-3H3,(H2,20,23)(H,21,22)/t13-,16+/m0/s1. The molecule has 2 aromatic rings. The van der Waals surface area contributed by atoms with E-state index in [0.717, 1.165) is 6.92 Å². The molecule has 0 spiro atoms. The summed E-state index contributed by atoms with van der Waals surface area (Å²) in [5.41, 5.74) is -0.128. The van der Waals surface area contributed by atoms with Gasteiger partial charge in [0.1, 0.15) is 0 Å². The molecule has 25 heavy (non-hydrogen) atoms. The van der Waals surface area contributed by atoms with E-state index in [-0.39, 0.29) is 17.4 Å². The second-order valence-electron chi connectivity index (χ2n) is 6.49. The van der Waals surface area contributed by atoms with E-state index < -0.39 is 17.4 Å². The van der Waals surface area contributed by atoms with E-state index >= 15 is 0 Å². The predicted octanol–water partition coefficient (Wildman–Crippen LogP) is 2.52. The van der Waals surface area contributed by atoms with Gasteiger partial charge in [0.15, 0.2) is 5.96 Å². The normalized spacial score (nSPS) is 24.4. The molecule has 1 saturated heterocycles. The van der Waals surface area contributed by atoms with Crippen LogP contribution in [-0.4, -0.2) is 33.8 Å². The molecular weight excluding hydrogens is 328 g/mol. The van der Waals surface area contributed by atoms with Crippen LogP contribution >= 0.6 is 0 Å². The number of rotatable bonds is 3. The highest BCUT2D eigenvalue weighted by Crippen LogP contribution is 2.41. The average Bonchev–Trinajstić information content (AvgIpc) is 3.07. The minimum absolute atomic E-state index is 0.0599. The quantitative estimate of drug-likeness (QED) is 0.798. The Morgan fingerprint density at radius 3 is 2.72 bits per heavy atom. The van der Waals surface area contributed by atoms with Gasteiger partial charge in [-0.3, -0.25) is 15.1 Å². The molecule has 1 aromatic carbocycles. The molecule has 0 aliphatic carbocycles. The number of halogens is 2. The second-order valence-corrected chi connectivity index (χ2v) is 6.49. The van der Waals surface area contributed by atoms with Gasteiger partial charge >= 0.3 is 0 Å². The first-order chi connectivity index (χ1) is 11.6. The number of carbonyl (C=O) groups is 1. The van der Waals surface area contributed by atoms with Gasteiger partial charge < -0.3 is 10.3 Å². The van der Waals surface area contributed by atoms with Gasteiger partial charge in [0.2, 0.25) is 5.91 Å². The summed E-state index contributed by atoms with van der Waals surface area (Å²) in [6.07, 6.45) is 3.03. The smallest absolute Gasteiger partial charge is 0.270 e. The maximum atomic E-state index is 13.7. The van der Waals surface area contributed by atoms with Crippen LogP contribution in [0.4, 0.5) is 8.78 Å². The van der Waals surface area contributed by atoms with Crippen LogP contribution in [0.2, 0.25) is 0 Å². The number of aromatic nitrogens is 2. The first-order valence-electron chi connectivity index (χ1n) is 7.76. The second kappa shape index (κ2) is 5.65. The van der Waals surface area contributed by atoms with Crippen molar-refractivity contribution in [3.05, 3.63) is 53.6 Å². The number of hydrogen-bond donors (Lipinski definition) is 3. The van der Waals surface area contributed by atoms with Gasteiger partial charge in [0.05, 0.1) is 29.7 Å². The lowest BCUT2D eigenvalue weighted by atomic mass is 9.75. The number of nitrogens with one attached hydrogen (secondary N) is 3. The highest BCUT2D eigenvalue weighted by molar-refractivity contribution is 6.02. The molecule has 2 heterocycles. The molecule has 1 aliphatic heterocycles. The number of carbonyl (C=O) groups excluding carboxylic acids is 1. The fourth-order valence-electron chi connectivity index (χ4n) is 3.18. The van der Waals surface area contributed by atoms with Crippen molar-refractivity contribution < 1.29 is 13.6 Å². The van der Waals surface area contributed by atoms with E-state index in [1.54, 1.807) is 19.2 Å². The molecule has 6 nitrogen and oxygen atoms in total. The first-order valence-corrected chi connectivity index (χ1v) is 7.76. The van der Waals surface area contributed by atoms with E-state index in [1.807, 2.05) is 0 Å². The number of H-pyrrole nitrogens is 1. The van der Waals surface area contributed by atoms with Crippen LogP contribution in [0.3, 0.4) is 0 Å². The molecule has 1 aromatic heterocycles. The van der Waals surface area contributed by atoms with Crippen LogP contribution in [-0.2, 0) is 16.3 Å². The Kier molecular flexibility index (Phi) is 3.85. The fraction of sp³-hybridized carbons (Fsp3) is 0.353. The molecule has 3 N–H and O–H groups in total. The van der Waals surface area contributed by atoms with Crippen LogP contribution < -0.4 is 5.32 Å².